The first kappa shape index (κ1) is 17.4. The van der Waals surface area contributed by atoms with Crippen molar-refractivity contribution in [1.82, 2.24) is 0 Å². The van der Waals surface area contributed by atoms with E-state index in [4.69, 9.17) is 0 Å². The van der Waals surface area contributed by atoms with Crippen molar-refractivity contribution in [1.29, 1.82) is 0 Å². The monoisotopic (exact) mass is 344 g/mol. The molecule has 3 aromatic carbocycles. The Morgan fingerprint density at radius 2 is 1.27 bits per heavy atom. The van der Waals surface area contributed by atoms with Crippen LogP contribution >= 0.6 is 0 Å². The van der Waals surface area contributed by atoms with E-state index in [2.05, 4.69) is 10.6 Å². The second-order valence-electron chi connectivity index (χ2n) is 6.10. The third-order valence-electron chi connectivity index (χ3n) is 4.11. The molecular weight excluding hydrogens is 324 g/mol. The molecule has 0 aliphatic heterocycles. The third-order valence-corrected chi connectivity index (χ3v) is 4.11. The Balaban J connectivity index is 1.66. The highest BCUT2D eigenvalue weighted by molar-refractivity contribution is 6.05. The van der Waals surface area contributed by atoms with Crippen LogP contribution in [0.15, 0.2) is 72.8 Å². The van der Waals surface area contributed by atoms with Crippen molar-refractivity contribution < 1.29 is 9.59 Å². The van der Waals surface area contributed by atoms with Gasteiger partial charge in [-0.15, -0.1) is 0 Å². The number of hydrogen-bond donors (Lipinski definition) is 2. The summed E-state index contributed by atoms with van der Waals surface area (Å²) in [4.78, 5) is 23.7. The van der Waals surface area contributed by atoms with Gasteiger partial charge in [-0.25, -0.2) is 0 Å². The van der Waals surface area contributed by atoms with E-state index in [-0.39, 0.29) is 11.7 Å². The minimum absolute atomic E-state index is 0.0466. The molecule has 0 saturated heterocycles. The maximum Gasteiger partial charge on any atom is 0.255 e. The average molecular weight is 344 g/mol. The van der Waals surface area contributed by atoms with Gasteiger partial charge in [0.05, 0.1) is 0 Å². The molecule has 0 fully saturated rings. The number of anilines is 3. The van der Waals surface area contributed by atoms with Crippen molar-refractivity contribution in [2.75, 3.05) is 10.6 Å². The minimum atomic E-state index is -0.122. The van der Waals surface area contributed by atoms with Crippen LogP contribution in [0.2, 0.25) is 0 Å². The van der Waals surface area contributed by atoms with Crippen LogP contribution in [0.1, 0.15) is 33.2 Å². The highest BCUT2D eigenvalue weighted by Gasteiger charge is 2.08. The van der Waals surface area contributed by atoms with Crippen LogP contribution in [-0.4, -0.2) is 11.7 Å². The Hall–Kier alpha value is -3.40. The van der Waals surface area contributed by atoms with Gasteiger partial charge in [0.2, 0.25) is 0 Å². The smallest absolute Gasteiger partial charge is 0.255 e. The number of Topliss-reactive ketones (excluding diaryl/α,β-unsaturated/α-hetero) is 1. The topological polar surface area (TPSA) is 58.2 Å². The number of benzene rings is 3. The zero-order valence-corrected chi connectivity index (χ0v) is 14.7. The van der Waals surface area contributed by atoms with Gasteiger partial charge in [0.15, 0.2) is 5.78 Å². The standard InChI is InChI=1S/C22H20N2O2/c1-15-5-3-4-6-21(15)22(26)24-20-13-11-19(12-14-20)23-18-9-7-17(8-10-18)16(2)25/h3-14,23H,1-2H3,(H,24,26). The first-order valence-corrected chi connectivity index (χ1v) is 8.38. The highest BCUT2D eigenvalue weighted by Crippen LogP contribution is 2.20. The summed E-state index contributed by atoms with van der Waals surface area (Å²) in [5.74, 6) is -0.0751. The van der Waals surface area contributed by atoms with Gasteiger partial charge >= 0.3 is 0 Å². The molecule has 0 heterocycles. The number of nitrogens with one attached hydrogen (secondary N) is 2. The lowest BCUT2D eigenvalue weighted by molar-refractivity contribution is 0.101. The normalized spacial score (nSPS) is 10.2. The molecule has 0 radical (unpaired) electrons. The molecule has 4 nitrogen and oxygen atoms in total. The summed E-state index contributed by atoms with van der Waals surface area (Å²) < 4.78 is 0. The van der Waals surface area contributed by atoms with Gasteiger partial charge < -0.3 is 10.6 Å². The molecule has 0 atom stereocenters. The van der Waals surface area contributed by atoms with Crippen molar-refractivity contribution in [2.45, 2.75) is 13.8 Å². The van der Waals surface area contributed by atoms with E-state index in [1.807, 2.05) is 67.6 Å². The molecule has 1 amide bonds. The molecule has 0 saturated carbocycles. The Labute approximate surface area is 152 Å². The van der Waals surface area contributed by atoms with E-state index >= 15 is 0 Å². The van der Waals surface area contributed by atoms with E-state index in [1.54, 1.807) is 19.1 Å². The molecule has 0 aliphatic carbocycles. The van der Waals surface area contributed by atoms with Crippen molar-refractivity contribution in [2.24, 2.45) is 0 Å². The first-order chi connectivity index (χ1) is 12.5. The van der Waals surface area contributed by atoms with Crippen molar-refractivity contribution in [3.63, 3.8) is 0 Å². The van der Waals surface area contributed by atoms with Gasteiger partial charge in [-0.1, -0.05) is 18.2 Å². The zero-order valence-electron chi connectivity index (χ0n) is 14.7. The summed E-state index contributed by atoms with van der Waals surface area (Å²) in [5.41, 5.74) is 4.82. The number of amides is 1. The van der Waals surface area contributed by atoms with Gasteiger partial charge in [-0.2, -0.15) is 0 Å². The van der Waals surface area contributed by atoms with E-state index in [0.29, 0.717) is 11.1 Å². The molecule has 0 unspecified atom stereocenters. The van der Waals surface area contributed by atoms with Crippen LogP contribution in [0, 0.1) is 6.92 Å². The van der Waals surface area contributed by atoms with E-state index < -0.39 is 0 Å². The van der Waals surface area contributed by atoms with Crippen LogP contribution in [0.5, 0.6) is 0 Å². The van der Waals surface area contributed by atoms with Crippen LogP contribution in [0.4, 0.5) is 17.1 Å². The minimum Gasteiger partial charge on any atom is -0.356 e. The first-order valence-electron chi connectivity index (χ1n) is 8.38. The Morgan fingerprint density at radius 1 is 0.731 bits per heavy atom. The van der Waals surface area contributed by atoms with Crippen LogP contribution < -0.4 is 10.6 Å². The number of aryl methyl sites for hydroxylation is 1. The molecule has 0 bridgehead atoms. The molecule has 2 N–H and O–H groups in total. The summed E-state index contributed by atoms with van der Waals surface area (Å²) in [6.45, 7) is 3.46. The molecule has 26 heavy (non-hydrogen) atoms. The quantitative estimate of drug-likeness (QED) is 0.626. The summed E-state index contributed by atoms with van der Waals surface area (Å²) in [5, 5.41) is 6.17. The van der Waals surface area contributed by atoms with E-state index in [0.717, 1.165) is 22.6 Å². The number of ketones is 1. The third kappa shape index (κ3) is 4.16. The molecule has 0 spiro atoms. The molecule has 130 valence electrons. The zero-order chi connectivity index (χ0) is 18.5. The number of carbonyl (C=O) groups excluding carboxylic acids is 2. The van der Waals surface area contributed by atoms with Crippen molar-refractivity contribution in [3.05, 3.63) is 89.5 Å². The fourth-order valence-corrected chi connectivity index (χ4v) is 2.62. The lowest BCUT2D eigenvalue weighted by atomic mass is 10.1. The van der Waals surface area contributed by atoms with Crippen LogP contribution in [0.25, 0.3) is 0 Å². The van der Waals surface area contributed by atoms with Gasteiger partial charge in [0.25, 0.3) is 5.91 Å². The molecule has 4 heteroatoms. The summed E-state index contributed by atoms with van der Waals surface area (Å²) in [7, 11) is 0. The Morgan fingerprint density at radius 3 is 1.85 bits per heavy atom. The van der Waals surface area contributed by atoms with Gasteiger partial charge in [-0.3, -0.25) is 9.59 Å². The maximum atomic E-state index is 12.3. The average Bonchev–Trinajstić information content (AvgIpc) is 2.64. The Kier molecular flexibility index (Phi) is 5.13. The number of rotatable bonds is 5. The molecule has 3 rings (SSSR count). The molecule has 0 aliphatic rings. The second kappa shape index (κ2) is 7.66. The van der Waals surface area contributed by atoms with Gasteiger partial charge in [-0.05, 0) is 74.0 Å². The maximum absolute atomic E-state index is 12.3. The molecular formula is C22H20N2O2. The van der Waals surface area contributed by atoms with Crippen LogP contribution in [-0.2, 0) is 0 Å². The van der Waals surface area contributed by atoms with E-state index in [1.165, 1.54) is 0 Å². The lowest BCUT2D eigenvalue weighted by Crippen LogP contribution is -2.13. The Bertz CT molecular complexity index is 929. The predicted molar refractivity (Wildman–Crippen MR) is 105 cm³/mol. The van der Waals surface area contributed by atoms with Crippen LogP contribution in [0.3, 0.4) is 0 Å². The SMILES string of the molecule is CC(=O)c1ccc(Nc2ccc(NC(=O)c3ccccc3C)cc2)cc1. The van der Waals surface area contributed by atoms with Gasteiger partial charge in [0, 0.05) is 28.2 Å². The van der Waals surface area contributed by atoms with Crippen molar-refractivity contribution >= 4 is 28.8 Å². The summed E-state index contributed by atoms with van der Waals surface area (Å²) in [6.07, 6.45) is 0. The summed E-state index contributed by atoms with van der Waals surface area (Å²) >= 11 is 0. The molecule has 0 aromatic heterocycles. The molecule has 3 aromatic rings. The number of hydrogen-bond acceptors (Lipinski definition) is 3. The fraction of sp³-hybridized carbons (Fsp3) is 0.0909. The highest BCUT2D eigenvalue weighted by atomic mass is 16.1. The fourth-order valence-electron chi connectivity index (χ4n) is 2.62. The van der Waals surface area contributed by atoms with Gasteiger partial charge in [0.1, 0.15) is 0 Å². The summed E-state index contributed by atoms with van der Waals surface area (Å²) in [6, 6.07) is 22.3. The van der Waals surface area contributed by atoms with Crippen molar-refractivity contribution in [3.8, 4) is 0 Å². The van der Waals surface area contributed by atoms with E-state index in [9.17, 15) is 9.59 Å². The predicted octanol–water partition coefficient (Wildman–Crippen LogP) is 5.19. The largest absolute Gasteiger partial charge is 0.356 e. The lowest BCUT2D eigenvalue weighted by Gasteiger charge is -2.10. The second-order valence-corrected chi connectivity index (χ2v) is 6.10. The number of carbonyl (C=O) groups is 2.